The van der Waals surface area contributed by atoms with Crippen LogP contribution in [0.1, 0.15) is 18.4 Å². The number of hydrogen-bond donors (Lipinski definition) is 2. The van der Waals surface area contributed by atoms with E-state index in [-0.39, 0.29) is 18.3 Å². The van der Waals surface area contributed by atoms with Crippen LogP contribution >= 0.6 is 0 Å². The Morgan fingerprint density at radius 1 is 1.18 bits per heavy atom. The summed E-state index contributed by atoms with van der Waals surface area (Å²) in [7, 11) is 0. The second-order valence-corrected chi connectivity index (χ2v) is 6.42. The number of carbonyl (C=O) groups excluding carboxylic acids is 1. The van der Waals surface area contributed by atoms with Crippen LogP contribution in [-0.2, 0) is 15.7 Å². The summed E-state index contributed by atoms with van der Waals surface area (Å²) in [5, 5.41) is 5.41. The highest BCUT2D eigenvalue weighted by molar-refractivity contribution is 5.95. The largest absolute Gasteiger partial charge is 0.489 e. The maximum absolute atomic E-state index is 12.8. The quantitative estimate of drug-likeness (QED) is 0.735. The van der Waals surface area contributed by atoms with Gasteiger partial charge in [-0.2, -0.15) is 13.2 Å². The molecule has 2 aromatic rings. The van der Waals surface area contributed by atoms with E-state index in [0.29, 0.717) is 18.0 Å². The molecule has 28 heavy (non-hydrogen) atoms. The molecule has 1 fully saturated rings. The zero-order chi connectivity index (χ0) is 20.0. The van der Waals surface area contributed by atoms with Gasteiger partial charge in [-0.05, 0) is 43.2 Å². The summed E-state index contributed by atoms with van der Waals surface area (Å²) in [5.74, 6) is 0.121. The van der Waals surface area contributed by atoms with Gasteiger partial charge in [-0.25, -0.2) is 0 Å². The number of alkyl halides is 3. The number of anilines is 2. The lowest BCUT2D eigenvalue weighted by Gasteiger charge is -2.15. The fourth-order valence-corrected chi connectivity index (χ4v) is 2.84. The smallest absolute Gasteiger partial charge is 0.416 e. The molecule has 0 aromatic heterocycles. The van der Waals surface area contributed by atoms with E-state index in [1.165, 1.54) is 12.1 Å². The minimum atomic E-state index is -4.43. The normalized spacial score (nSPS) is 16.6. The molecule has 2 aromatic carbocycles. The first-order valence-corrected chi connectivity index (χ1v) is 8.96. The highest BCUT2D eigenvalue weighted by Crippen LogP contribution is 2.30. The average Bonchev–Trinajstić information content (AvgIpc) is 3.19. The summed E-state index contributed by atoms with van der Waals surface area (Å²) < 4.78 is 49.5. The van der Waals surface area contributed by atoms with Crippen LogP contribution in [0.4, 0.5) is 24.5 Å². The maximum atomic E-state index is 12.8. The van der Waals surface area contributed by atoms with Crippen molar-refractivity contribution in [1.29, 1.82) is 0 Å². The fourth-order valence-electron chi connectivity index (χ4n) is 2.84. The monoisotopic (exact) mass is 394 g/mol. The van der Waals surface area contributed by atoms with E-state index in [1.807, 2.05) is 0 Å². The average molecular weight is 394 g/mol. The van der Waals surface area contributed by atoms with E-state index in [0.717, 1.165) is 31.6 Å². The van der Waals surface area contributed by atoms with Gasteiger partial charge in [0.2, 0.25) is 5.91 Å². The Morgan fingerprint density at radius 2 is 2.00 bits per heavy atom. The van der Waals surface area contributed by atoms with Crippen molar-refractivity contribution in [3.05, 3.63) is 54.1 Å². The molecular formula is C20H21F3N2O3. The van der Waals surface area contributed by atoms with Crippen molar-refractivity contribution in [1.82, 2.24) is 0 Å². The van der Waals surface area contributed by atoms with Crippen molar-refractivity contribution >= 4 is 17.3 Å². The van der Waals surface area contributed by atoms with Crippen LogP contribution in [0.2, 0.25) is 0 Å². The van der Waals surface area contributed by atoms with Gasteiger partial charge in [0.05, 0.1) is 23.9 Å². The zero-order valence-corrected chi connectivity index (χ0v) is 15.1. The molecule has 150 valence electrons. The molecule has 5 nitrogen and oxygen atoms in total. The number of halogens is 3. The van der Waals surface area contributed by atoms with Crippen LogP contribution in [0.15, 0.2) is 48.5 Å². The van der Waals surface area contributed by atoms with Crippen LogP contribution in [-0.4, -0.2) is 31.8 Å². The van der Waals surface area contributed by atoms with Crippen molar-refractivity contribution in [2.24, 2.45) is 0 Å². The molecule has 1 heterocycles. The van der Waals surface area contributed by atoms with Crippen LogP contribution in [0, 0.1) is 0 Å². The molecule has 0 bridgehead atoms. The third-order valence-electron chi connectivity index (χ3n) is 4.25. The van der Waals surface area contributed by atoms with Gasteiger partial charge in [-0.3, -0.25) is 4.79 Å². The number of amides is 1. The summed E-state index contributed by atoms with van der Waals surface area (Å²) in [4.78, 5) is 12.2. The third-order valence-corrected chi connectivity index (χ3v) is 4.25. The lowest BCUT2D eigenvalue weighted by Crippen LogP contribution is -2.23. The van der Waals surface area contributed by atoms with Crippen molar-refractivity contribution < 1.29 is 27.4 Å². The predicted octanol–water partition coefficient (Wildman–Crippen LogP) is 4.31. The highest BCUT2D eigenvalue weighted by Gasteiger charge is 2.30. The molecule has 0 radical (unpaired) electrons. The predicted molar refractivity (Wildman–Crippen MR) is 99.5 cm³/mol. The maximum Gasteiger partial charge on any atom is 0.416 e. The molecule has 1 atom stereocenters. The van der Waals surface area contributed by atoms with Crippen molar-refractivity contribution in [3.63, 3.8) is 0 Å². The number of benzene rings is 2. The van der Waals surface area contributed by atoms with Gasteiger partial charge < -0.3 is 20.1 Å². The number of nitrogens with one attached hydrogen (secondary N) is 2. The molecule has 1 aliphatic rings. The van der Waals surface area contributed by atoms with E-state index in [1.54, 1.807) is 24.3 Å². The van der Waals surface area contributed by atoms with Crippen molar-refractivity contribution in [2.75, 3.05) is 30.4 Å². The Kier molecular flexibility index (Phi) is 6.41. The molecule has 3 rings (SSSR count). The lowest BCUT2D eigenvalue weighted by atomic mass is 10.2. The zero-order valence-electron chi connectivity index (χ0n) is 15.1. The Balaban J connectivity index is 1.55. The molecule has 1 aliphatic heterocycles. The van der Waals surface area contributed by atoms with E-state index >= 15 is 0 Å². The van der Waals surface area contributed by atoms with Gasteiger partial charge in [0.15, 0.2) is 0 Å². The molecule has 0 saturated carbocycles. The first kappa shape index (κ1) is 20.0. The number of carbonyl (C=O) groups is 1. The molecule has 1 unspecified atom stereocenters. The minimum absolute atomic E-state index is 0.0475. The number of hydrogen-bond acceptors (Lipinski definition) is 4. The molecule has 8 heteroatoms. The molecule has 2 N–H and O–H groups in total. The summed E-state index contributed by atoms with van der Waals surface area (Å²) >= 11 is 0. The molecule has 0 spiro atoms. The van der Waals surface area contributed by atoms with E-state index in [9.17, 15) is 18.0 Å². The van der Waals surface area contributed by atoms with Gasteiger partial charge in [-0.1, -0.05) is 18.2 Å². The SMILES string of the molecule is O=C(CNc1cccc(C(F)(F)F)c1)Nc1ccccc1OCC1CCCO1. The minimum Gasteiger partial charge on any atom is -0.489 e. The van der Waals surface area contributed by atoms with E-state index in [4.69, 9.17) is 9.47 Å². The standard InChI is InChI=1S/C20H21F3N2O3/c21-20(22,23)14-5-3-6-15(11-14)24-12-19(26)25-17-8-1-2-9-18(17)28-13-16-7-4-10-27-16/h1-3,5-6,8-9,11,16,24H,4,7,10,12-13H2,(H,25,26). The summed E-state index contributed by atoms with van der Waals surface area (Å²) in [6, 6.07) is 11.7. The first-order valence-electron chi connectivity index (χ1n) is 8.96. The molecular weight excluding hydrogens is 373 g/mol. The van der Waals surface area contributed by atoms with Crippen molar-refractivity contribution in [3.8, 4) is 5.75 Å². The van der Waals surface area contributed by atoms with Crippen LogP contribution in [0.3, 0.4) is 0 Å². The van der Waals surface area contributed by atoms with E-state index < -0.39 is 17.6 Å². The summed E-state index contributed by atoms with van der Waals surface area (Å²) in [6.07, 6.45) is -2.44. The van der Waals surface area contributed by atoms with Crippen LogP contribution < -0.4 is 15.4 Å². The topological polar surface area (TPSA) is 59.6 Å². The van der Waals surface area contributed by atoms with Crippen LogP contribution in [0.25, 0.3) is 0 Å². The highest BCUT2D eigenvalue weighted by atomic mass is 19.4. The lowest BCUT2D eigenvalue weighted by molar-refractivity contribution is -0.137. The Bertz CT molecular complexity index is 805. The van der Waals surface area contributed by atoms with Gasteiger partial charge in [0.1, 0.15) is 12.4 Å². The molecule has 1 amide bonds. The van der Waals surface area contributed by atoms with Crippen molar-refractivity contribution in [2.45, 2.75) is 25.1 Å². The fraction of sp³-hybridized carbons (Fsp3) is 0.350. The Labute approximate surface area is 160 Å². The Morgan fingerprint density at radius 3 is 2.75 bits per heavy atom. The molecule has 1 saturated heterocycles. The second-order valence-electron chi connectivity index (χ2n) is 6.42. The molecule has 0 aliphatic carbocycles. The summed E-state index contributed by atoms with van der Waals surface area (Å²) in [5.41, 5.74) is -0.0602. The van der Waals surface area contributed by atoms with Gasteiger partial charge >= 0.3 is 6.18 Å². The number of rotatable bonds is 7. The Hall–Kier alpha value is -2.74. The number of ether oxygens (including phenoxy) is 2. The number of para-hydroxylation sites is 2. The van der Waals surface area contributed by atoms with Gasteiger partial charge in [-0.15, -0.1) is 0 Å². The van der Waals surface area contributed by atoms with E-state index in [2.05, 4.69) is 10.6 Å². The van der Waals surface area contributed by atoms with Gasteiger partial charge in [0, 0.05) is 12.3 Å². The third kappa shape index (κ3) is 5.63. The van der Waals surface area contributed by atoms with Gasteiger partial charge in [0.25, 0.3) is 0 Å². The summed E-state index contributed by atoms with van der Waals surface area (Å²) in [6.45, 7) is 0.949. The first-order chi connectivity index (χ1) is 13.4. The second kappa shape index (κ2) is 8.97. The van der Waals surface area contributed by atoms with Crippen LogP contribution in [0.5, 0.6) is 5.75 Å².